The van der Waals surface area contributed by atoms with Gasteiger partial charge in [0.15, 0.2) is 0 Å². The summed E-state index contributed by atoms with van der Waals surface area (Å²) in [5, 5.41) is 0. The molecule has 0 radical (unpaired) electrons. The van der Waals surface area contributed by atoms with E-state index in [-0.39, 0.29) is 29.6 Å². The lowest BCUT2D eigenvalue weighted by Crippen LogP contribution is -2.50. The molecule has 8 atom stereocenters. The van der Waals surface area contributed by atoms with E-state index in [1.54, 1.807) is 0 Å². The highest BCUT2D eigenvalue weighted by atomic mass is 31.2. The summed E-state index contributed by atoms with van der Waals surface area (Å²) in [5.74, 6) is 3.90. The van der Waals surface area contributed by atoms with Gasteiger partial charge in [-0.25, -0.2) is 0 Å². The average molecular weight is 587 g/mol. The molecule has 0 bridgehead atoms. The van der Waals surface area contributed by atoms with Crippen LogP contribution >= 0.6 is 7.37 Å². The van der Waals surface area contributed by atoms with E-state index in [1.807, 2.05) is 0 Å². The third-order valence-corrected chi connectivity index (χ3v) is 16.2. The van der Waals surface area contributed by atoms with Gasteiger partial charge in [-0.15, -0.1) is 13.2 Å². The summed E-state index contributed by atoms with van der Waals surface area (Å²) in [4.78, 5) is 0. The van der Waals surface area contributed by atoms with Crippen molar-refractivity contribution in [3.8, 4) is 0 Å². The van der Waals surface area contributed by atoms with Crippen LogP contribution in [0.2, 0.25) is 0 Å². The summed E-state index contributed by atoms with van der Waals surface area (Å²) in [6, 6.07) is 0. The predicted molar refractivity (Wildman–Crippen MR) is 169 cm³/mol. The summed E-state index contributed by atoms with van der Waals surface area (Å²) in [6.07, 6.45) is 27.4. The molecule has 6 aliphatic rings. The normalized spacial score (nSPS) is 47.1. The molecule has 5 heteroatoms. The molecule has 0 N–H and O–H groups in total. The number of rotatable bonds is 9. The van der Waals surface area contributed by atoms with Crippen molar-refractivity contribution in [3.63, 3.8) is 0 Å². The van der Waals surface area contributed by atoms with Gasteiger partial charge in [0.25, 0.3) is 0 Å². The molecule has 5 saturated carbocycles. The van der Waals surface area contributed by atoms with Crippen LogP contribution in [0, 0.1) is 35.5 Å². The minimum absolute atomic E-state index is 0.00995. The molecule has 232 valence electrons. The summed E-state index contributed by atoms with van der Waals surface area (Å²) < 4.78 is 36.1. The molecule has 6 rings (SSSR count). The van der Waals surface area contributed by atoms with Gasteiger partial charge in [0.2, 0.25) is 7.37 Å². The van der Waals surface area contributed by atoms with Crippen molar-refractivity contribution >= 4 is 7.37 Å². The first-order chi connectivity index (χ1) is 20.1. The van der Waals surface area contributed by atoms with Crippen LogP contribution in [0.1, 0.15) is 122 Å². The molecule has 0 amide bonds. The maximum absolute atomic E-state index is 15.5. The maximum Gasteiger partial charge on any atom is 0.212 e. The van der Waals surface area contributed by atoms with Crippen LogP contribution in [0.15, 0.2) is 25.3 Å². The highest BCUT2D eigenvalue weighted by Gasteiger charge is 2.58. The zero-order chi connectivity index (χ0) is 28.2. The Morgan fingerprint density at radius 3 is 1.88 bits per heavy atom. The van der Waals surface area contributed by atoms with Crippen LogP contribution in [-0.2, 0) is 18.6 Å². The Morgan fingerprint density at radius 1 is 0.634 bits per heavy atom. The Labute approximate surface area is 251 Å². The fourth-order valence-electron chi connectivity index (χ4n) is 9.97. The molecule has 41 heavy (non-hydrogen) atoms. The number of hydrogen-bond acceptors (Lipinski definition) is 4. The number of ether oxygens (including phenoxy) is 2. The van der Waals surface area contributed by atoms with Crippen LogP contribution in [0.5, 0.6) is 0 Å². The summed E-state index contributed by atoms with van der Waals surface area (Å²) in [5.41, 5.74) is 0.262. The first-order valence-corrected chi connectivity index (χ1v) is 19.6. The Morgan fingerprint density at radius 2 is 1.22 bits per heavy atom. The number of allylic oxidation sites excluding steroid dienone is 2. The van der Waals surface area contributed by atoms with Gasteiger partial charge in [-0.3, -0.25) is 4.57 Å². The van der Waals surface area contributed by atoms with Crippen LogP contribution in [-0.4, -0.2) is 42.8 Å². The lowest BCUT2D eigenvalue weighted by atomic mass is 9.71. The standard InChI is InChI=1S/C36H59O4P/c1-3-26-13-17-28(18-14-26)24-38-30-21-22-34(39-25-29-19-15-27(4-2)16-20-29)36(23-30)41(37)35-12-8-6-10-32(35)31-9-5-7-11-33(31)40-41/h3-4,26-36H,1-2,5-25H2. The van der Waals surface area contributed by atoms with Crippen LogP contribution in [0.4, 0.5) is 0 Å². The minimum atomic E-state index is -2.89. The zero-order valence-electron chi connectivity index (χ0n) is 25.8. The summed E-state index contributed by atoms with van der Waals surface area (Å²) in [7, 11) is -2.89. The Bertz CT molecular complexity index is 903. The van der Waals surface area contributed by atoms with E-state index < -0.39 is 7.37 Å². The van der Waals surface area contributed by atoms with Crippen LogP contribution in [0.25, 0.3) is 0 Å². The molecule has 0 spiro atoms. The average Bonchev–Trinajstić information content (AvgIpc) is 3.03. The molecule has 0 aromatic carbocycles. The third-order valence-electron chi connectivity index (χ3n) is 12.6. The van der Waals surface area contributed by atoms with Crippen molar-refractivity contribution in [1.82, 2.24) is 0 Å². The van der Waals surface area contributed by atoms with Crippen molar-refractivity contribution in [2.24, 2.45) is 35.5 Å². The van der Waals surface area contributed by atoms with Gasteiger partial charge in [0, 0.05) is 18.9 Å². The Hall–Kier alpha value is -0.410. The first kappa shape index (κ1) is 30.6. The fraction of sp³-hybridized carbons (Fsp3) is 0.889. The number of fused-ring (bicyclic) bond motifs is 3. The van der Waals surface area contributed by atoms with Crippen molar-refractivity contribution < 1.29 is 18.6 Å². The van der Waals surface area contributed by atoms with E-state index >= 15 is 4.57 Å². The van der Waals surface area contributed by atoms with Gasteiger partial charge >= 0.3 is 0 Å². The van der Waals surface area contributed by atoms with Gasteiger partial charge < -0.3 is 14.0 Å². The summed E-state index contributed by atoms with van der Waals surface area (Å²) >= 11 is 0. The molecule has 4 nitrogen and oxygen atoms in total. The van der Waals surface area contributed by atoms with Crippen molar-refractivity contribution in [2.75, 3.05) is 13.2 Å². The van der Waals surface area contributed by atoms with Gasteiger partial charge in [0.1, 0.15) is 0 Å². The van der Waals surface area contributed by atoms with Crippen molar-refractivity contribution in [3.05, 3.63) is 25.3 Å². The molecular weight excluding hydrogens is 527 g/mol. The highest BCUT2D eigenvalue weighted by Crippen LogP contribution is 2.71. The first-order valence-electron chi connectivity index (χ1n) is 17.8. The van der Waals surface area contributed by atoms with E-state index in [2.05, 4.69) is 25.3 Å². The minimum Gasteiger partial charge on any atom is -0.378 e. The highest BCUT2D eigenvalue weighted by molar-refractivity contribution is 7.60. The smallest absolute Gasteiger partial charge is 0.212 e. The Balaban J connectivity index is 1.16. The van der Waals surface area contributed by atoms with Crippen molar-refractivity contribution in [2.45, 2.75) is 152 Å². The second kappa shape index (κ2) is 14.1. The largest absolute Gasteiger partial charge is 0.378 e. The quantitative estimate of drug-likeness (QED) is 0.199. The van der Waals surface area contributed by atoms with Gasteiger partial charge in [-0.05, 0) is 132 Å². The zero-order valence-corrected chi connectivity index (χ0v) is 26.7. The Kier molecular flexibility index (Phi) is 10.6. The van der Waals surface area contributed by atoms with E-state index in [0.717, 1.165) is 45.3 Å². The van der Waals surface area contributed by atoms with E-state index in [9.17, 15) is 0 Å². The molecule has 1 saturated heterocycles. The number of hydrogen-bond donors (Lipinski definition) is 0. The second-order valence-electron chi connectivity index (χ2n) is 15.0. The van der Waals surface area contributed by atoms with E-state index in [4.69, 9.17) is 14.0 Å². The molecule has 5 aliphatic carbocycles. The summed E-state index contributed by atoms with van der Waals surface area (Å²) in [6.45, 7) is 9.73. The van der Waals surface area contributed by atoms with Crippen LogP contribution < -0.4 is 0 Å². The fourth-order valence-corrected chi connectivity index (χ4v) is 14.1. The van der Waals surface area contributed by atoms with Gasteiger partial charge in [-0.1, -0.05) is 37.8 Å². The molecule has 1 aliphatic heterocycles. The van der Waals surface area contributed by atoms with Crippen LogP contribution in [0.3, 0.4) is 0 Å². The molecule has 0 aromatic rings. The van der Waals surface area contributed by atoms with E-state index in [1.165, 1.54) is 89.9 Å². The van der Waals surface area contributed by atoms with E-state index in [0.29, 0.717) is 35.5 Å². The monoisotopic (exact) mass is 586 g/mol. The molecule has 0 aromatic heterocycles. The maximum atomic E-state index is 15.5. The molecule has 8 unspecified atom stereocenters. The second-order valence-corrected chi connectivity index (χ2v) is 17.8. The third kappa shape index (κ3) is 6.97. The van der Waals surface area contributed by atoms with Gasteiger partial charge in [-0.2, -0.15) is 0 Å². The molecule has 6 fully saturated rings. The molecular formula is C36H59O4P. The SMILES string of the molecule is C=CC1CCC(COC2CCC(OCC3CCC(C=C)CC3)C(P3(=O)OC4CCCCC4C4CCCCC43)C2)CC1. The topological polar surface area (TPSA) is 44.8 Å². The molecule has 1 heterocycles. The predicted octanol–water partition coefficient (Wildman–Crippen LogP) is 9.72. The lowest BCUT2D eigenvalue weighted by Gasteiger charge is -2.54. The van der Waals surface area contributed by atoms with Crippen molar-refractivity contribution in [1.29, 1.82) is 0 Å². The van der Waals surface area contributed by atoms with Gasteiger partial charge in [0.05, 0.1) is 24.0 Å². The lowest BCUT2D eigenvalue weighted by molar-refractivity contribution is -0.0573.